The molecule has 0 unspecified atom stereocenters. The Balaban J connectivity index is 2.38. The largest absolute Gasteiger partial charge is 0.439 e. The smallest absolute Gasteiger partial charge is 0.295 e. The molecular formula is C9H6N2O3. The van der Waals surface area contributed by atoms with E-state index in [4.69, 9.17) is 0 Å². The quantitative estimate of drug-likeness (QED) is 0.703. The van der Waals surface area contributed by atoms with E-state index >= 15 is 0 Å². The molecule has 1 heterocycles. The van der Waals surface area contributed by atoms with Crippen LogP contribution in [0.5, 0.6) is 0 Å². The molecule has 0 bridgehead atoms. The lowest BCUT2D eigenvalue weighted by Gasteiger charge is -1.93. The molecule has 1 aromatic heterocycles. The molecule has 0 atom stereocenters. The molecule has 0 radical (unpaired) electrons. The van der Waals surface area contributed by atoms with Gasteiger partial charge in [0.15, 0.2) is 0 Å². The van der Waals surface area contributed by atoms with E-state index in [-0.39, 0.29) is 11.6 Å². The third kappa shape index (κ3) is 1.47. The maximum absolute atomic E-state index is 11.6. The number of H-pyrrole nitrogens is 1. The van der Waals surface area contributed by atoms with Crippen LogP contribution in [0.15, 0.2) is 39.6 Å². The molecule has 0 aliphatic heterocycles. The standard InChI is InChI=1S/C9H6N2O3/c12-7(6-4-2-1-3-5-6)8-10-9(13)14-11-8/h1-5H,(H,10,11,13). The van der Waals surface area contributed by atoms with E-state index in [0.29, 0.717) is 5.56 Å². The van der Waals surface area contributed by atoms with E-state index < -0.39 is 5.76 Å². The third-order valence-corrected chi connectivity index (χ3v) is 1.69. The molecule has 0 amide bonds. The van der Waals surface area contributed by atoms with Gasteiger partial charge >= 0.3 is 5.76 Å². The number of benzene rings is 1. The van der Waals surface area contributed by atoms with E-state index in [9.17, 15) is 9.59 Å². The summed E-state index contributed by atoms with van der Waals surface area (Å²) >= 11 is 0. The normalized spacial score (nSPS) is 10.0. The summed E-state index contributed by atoms with van der Waals surface area (Å²) in [6, 6.07) is 8.52. The first kappa shape index (κ1) is 8.43. The van der Waals surface area contributed by atoms with Gasteiger partial charge in [0.2, 0.25) is 11.6 Å². The van der Waals surface area contributed by atoms with Crippen LogP contribution in [0.3, 0.4) is 0 Å². The lowest BCUT2D eigenvalue weighted by atomic mass is 10.1. The summed E-state index contributed by atoms with van der Waals surface area (Å²) in [6.45, 7) is 0. The second-order valence-corrected chi connectivity index (χ2v) is 2.64. The van der Waals surface area contributed by atoms with Crippen LogP contribution in [0.4, 0.5) is 0 Å². The van der Waals surface area contributed by atoms with Crippen LogP contribution in [0.25, 0.3) is 0 Å². The number of aromatic amines is 1. The van der Waals surface area contributed by atoms with Gasteiger partial charge in [-0.2, -0.15) is 0 Å². The predicted octanol–water partition coefficient (Wildman–Crippen LogP) is 0.594. The van der Waals surface area contributed by atoms with Crippen LogP contribution in [0.1, 0.15) is 16.2 Å². The Kier molecular flexibility index (Phi) is 1.98. The Labute approximate surface area is 78.4 Å². The second-order valence-electron chi connectivity index (χ2n) is 2.64. The highest BCUT2D eigenvalue weighted by molar-refractivity contribution is 6.06. The molecule has 0 saturated heterocycles. The SMILES string of the molecule is O=C(c1ccccc1)c1noc(=O)[nH]1. The van der Waals surface area contributed by atoms with Crippen LogP contribution >= 0.6 is 0 Å². The highest BCUT2D eigenvalue weighted by Gasteiger charge is 2.12. The fraction of sp³-hybridized carbons (Fsp3) is 0. The van der Waals surface area contributed by atoms with Gasteiger partial charge in [-0.3, -0.25) is 14.3 Å². The molecule has 14 heavy (non-hydrogen) atoms. The van der Waals surface area contributed by atoms with Gasteiger partial charge in [0.05, 0.1) is 0 Å². The Bertz CT molecular complexity index is 498. The van der Waals surface area contributed by atoms with Crippen molar-refractivity contribution in [1.82, 2.24) is 10.1 Å². The van der Waals surface area contributed by atoms with Gasteiger partial charge < -0.3 is 0 Å². The number of nitrogens with one attached hydrogen (secondary N) is 1. The number of hydrogen-bond donors (Lipinski definition) is 1. The summed E-state index contributed by atoms with van der Waals surface area (Å²) in [5.41, 5.74) is 0.456. The molecule has 2 rings (SSSR count). The molecule has 2 aromatic rings. The van der Waals surface area contributed by atoms with Gasteiger partial charge in [0, 0.05) is 5.56 Å². The van der Waals surface area contributed by atoms with Gasteiger partial charge in [-0.05, 0) is 0 Å². The van der Waals surface area contributed by atoms with Gasteiger partial charge in [-0.15, -0.1) is 0 Å². The minimum Gasteiger partial charge on any atom is -0.295 e. The van der Waals surface area contributed by atoms with Crippen LogP contribution < -0.4 is 5.76 Å². The van der Waals surface area contributed by atoms with Crippen molar-refractivity contribution in [1.29, 1.82) is 0 Å². The molecule has 0 fully saturated rings. The molecule has 0 spiro atoms. The van der Waals surface area contributed by atoms with Crippen LogP contribution in [0.2, 0.25) is 0 Å². The van der Waals surface area contributed by atoms with Gasteiger partial charge in [-0.1, -0.05) is 35.5 Å². The number of carbonyl (C=O) groups excluding carboxylic acids is 1. The van der Waals surface area contributed by atoms with Gasteiger partial charge in [-0.25, -0.2) is 4.79 Å². The van der Waals surface area contributed by atoms with Crippen molar-refractivity contribution in [2.24, 2.45) is 0 Å². The number of aromatic nitrogens is 2. The lowest BCUT2D eigenvalue weighted by Crippen LogP contribution is -2.05. The van der Waals surface area contributed by atoms with Crippen LogP contribution in [-0.2, 0) is 0 Å². The minimum atomic E-state index is -0.732. The maximum Gasteiger partial charge on any atom is 0.439 e. The minimum absolute atomic E-state index is 0.0822. The van der Waals surface area contributed by atoms with Crippen molar-refractivity contribution in [3.8, 4) is 0 Å². The summed E-state index contributed by atoms with van der Waals surface area (Å²) in [7, 11) is 0. The van der Waals surface area contributed by atoms with Crippen molar-refractivity contribution in [2.45, 2.75) is 0 Å². The zero-order valence-electron chi connectivity index (χ0n) is 7.06. The fourth-order valence-corrected chi connectivity index (χ4v) is 1.05. The summed E-state index contributed by atoms with van der Waals surface area (Å²) < 4.78 is 4.23. The molecule has 0 aliphatic rings. The molecule has 1 aromatic carbocycles. The molecule has 70 valence electrons. The first-order valence-corrected chi connectivity index (χ1v) is 3.93. The Morgan fingerprint density at radius 2 is 2.00 bits per heavy atom. The fourth-order valence-electron chi connectivity index (χ4n) is 1.05. The maximum atomic E-state index is 11.6. The predicted molar refractivity (Wildman–Crippen MR) is 47.0 cm³/mol. The first-order valence-electron chi connectivity index (χ1n) is 3.93. The Hall–Kier alpha value is -2.17. The first-order chi connectivity index (χ1) is 6.77. The van der Waals surface area contributed by atoms with Crippen molar-refractivity contribution in [2.75, 3.05) is 0 Å². The second kappa shape index (κ2) is 3.29. The molecule has 1 N–H and O–H groups in total. The van der Waals surface area contributed by atoms with E-state index in [1.54, 1.807) is 30.3 Å². The number of nitrogens with zero attached hydrogens (tertiary/aromatic N) is 1. The van der Waals surface area contributed by atoms with Crippen LogP contribution in [-0.4, -0.2) is 15.9 Å². The highest BCUT2D eigenvalue weighted by atomic mass is 16.5. The highest BCUT2D eigenvalue weighted by Crippen LogP contribution is 2.03. The number of ketones is 1. The van der Waals surface area contributed by atoms with Crippen molar-refractivity contribution in [3.05, 3.63) is 52.3 Å². The topological polar surface area (TPSA) is 76.0 Å². The van der Waals surface area contributed by atoms with Crippen molar-refractivity contribution in [3.63, 3.8) is 0 Å². The monoisotopic (exact) mass is 190 g/mol. The Morgan fingerprint density at radius 3 is 2.57 bits per heavy atom. The van der Waals surface area contributed by atoms with Gasteiger partial charge in [0.1, 0.15) is 0 Å². The molecule has 5 heteroatoms. The van der Waals surface area contributed by atoms with E-state index in [1.165, 1.54) is 0 Å². The summed E-state index contributed by atoms with van der Waals surface area (Å²) in [5, 5.41) is 3.30. The molecule has 5 nitrogen and oxygen atoms in total. The van der Waals surface area contributed by atoms with Crippen molar-refractivity contribution >= 4 is 5.78 Å². The van der Waals surface area contributed by atoms with E-state index in [2.05, 4.69) is 14.7 Å². The average Bonchev–Trinajstić information content (AvgIpc) is 2.65. The van der Waals surface area contributed by atoms with E-state index in [0.717, 1.165) is 0 Å². The number of rotatable bonds is 2. The Morgan fingerprint density at radius 1 is 1.29 bits per heavy atom. The molecular weight excluding hydrogens is 184 g/mol. The molecule has 0 saturated carbocycles. The zero-order valence-corrected chi connectivity index (χ0v) is 7.06. The van der Waals surface area contributed by atoms with Gasteiger partial charge in [0.25, 0.3) is 0 Å². The zero-order chi connectivity index (χ0) is 9.97. The third-order valence-electron chi connectivity index (χ3n) is 1.69. The summed E-state index contributed by atoms with van der Waals surface area (Å²) in [4.78, 5) is 24.3. The average molecular weight is 190 g/mol. The summed E-state index contributed by atoms with van der Waals surface area (Å²) in [6.07, 6.45) is 0. The van der Waals surface area contributed by atoms with Crippen molar-refractivity contribution < 1.29 is 9.32 Å². The lowest BCUT2D eigenvalue weighted by molar-refractivity contribution is 0.102. The summed E-state index contributed by atoms with van der Waals surface area (Å²) in [5.74, 6) is -1.18. The number of hydrogen-bond acceptors (Lipinski definition) is 4. The number of carbonyl (C=O) groups is 1. The van der Waals surface area contributed by atoms with Crippen LogP contribution in [0, 0.1) is 0 Å². The molecule has 0 aliphatic carbocycles. The van der Waals surface area contributed by atoms with E-state index in [1.807, 2.05) is 0 Å².